The highest BCUT2D eigenvalue weighted by Gasteiger charge is 2.33. The van der Waals surface area contributed by atoms with Gasteiger partial charge in [0.2, 0.25) is 15.9 Å². The van der Waals surface area contributed by atoms with Crippen LogP contribution in [0.25, 0.3) is 0 Å². The minimum absolute atomic E-state index is 0.0754. The van der Waals surface area contributed by atoms with Gasteiger partial charge < -0.3 is 9.80 Å². The molecule has 0 unspecified atom stereocenters. The average molecular weight is 343 g/mol. The van der Waals surface area contributed by atoms with Crippen LogP contribution in [-0.2, 0) is 14.8 Å². The molecular formula is C14H25N5O3S. The Morgan fingerprint density at radius 2 is 1.83 bits per heavy atom. The monoisotopic (exact) mass is 343 g/mol. The van der Waals surface area contributed by atoms with Gasteiger partial charge in [0, 0.05) is 39.1 Å². The second-order valence-corrected chi connectivity index (χ2v) is 7.98. The van der Waals surface area contributed by atoms with Crippen LogP contribution >= 0.6 is 0 Å². The molecule has 1 N–H and O–H groups in total. The number of rotatable bonds is 5. The Bertz CT molecular complexity index is 640. The number of hydrogen-bond acceptors (Lipinski definition) is 5. The summed E-state index contributed by atoms with van der Waals surface area (Å²) in [5.74, 6) is 0.0754. The molecule has 0 saturated carbocycles. The fourth-order valence-corrected chi connectivity index (χ4v) is 4.46. The summed E-state index contributed by atoms with van der Waals surface area (Å²) < 4.78 is 26.9. The predicted molar refractivity (Wildman–Crippen MR) is 86.6 cm³/mol. The van der Waals surface area contributed by atoms with E-state index in [0.717, 1.165) is 0 Å². The van der Waals surface area contributed by atoms with Gasteiger partial charge >= 0.3 is 0 Å². The van der Waals surface area contributed by atoms with E-state index in [1.807, 2.05) is 19.0 Å². The summed E-state index contributed by atoms with van der Waals surface area (Å²) >= 11 is 0. The third-order valence-electron chi connectivity index (χ3n) is 4.02. The van der Waals surface area contributed by atoms with Crippen molar-refractivity contribution in [1.82, 2.24) is 24.3 Å². The topological polar surface area (TPSA) is 89.6 Å². The maximum atomic E-state index is 12.7. The maximum absolute atomic E-state index is 12.7. The van der Waals surface area contributed by atoms with Crippen LogP contribution in [0.1, 0.15) is 17.8 Å². The molecule has 2 rings (SSSR count). The standard InChI is InChI=1S/C14H25N5O3S/c1-11-14(12(2)16-15-11)23(21,22)19-9-7-18(8-10-19)13(20)5-6-17(3)4/h5-10H2,1-4H3,(H,15,16). The molecule has 0 spiro atoms. The number of aromatic amines is 1. The molecule has 1 aliphatic rings. The molecule has 0 aromatic carbocycles. The molecular weight excluding hydrogens is 318 g/mol. The second kappa shape index (κ2) is 6.98. The molecule has 2 heterocycles. The maximum Gasteiger partial charge on any atom is 0.246 e. The minimum Gasteiger partial charge on any atom is -0.340 e. The molecule has 8 nitrogen and oxygen atoms in total. The lowest BCUT2D eigenvalue weighted by Gasteiger charge is -2.34. The van der Waals surface area contributed by atoms with E-state index in [1.54, 1.807) is 18.7 Å². The minimum atomic E-state index is -3.56. The Morgan fingerprint density at radius 1 is 1.22 bits per heavy atom. The number of piperazine rings is 1. The van der Waals surface area contributed by atoms with Gasteiger partial charge in [0.15, 0.2) is 0 Å². The van der Waals surface area contributed by atoms with E-state index < -0.39 is 10.0 Å². The average Bonchev–Trinajstić information content (AvgIpc) is 2.84. The van der Waals surface area contributed by atoms with Gasteiger partial charge in [-0.25, -0.2) is 8.42 Å². The van der Waals surface area contributed by atoms with Crippen LogP contribution in [0.5, 0.6) is 0 Å². The van der Waals surface area contributed by atoms with E-state index in [4.69, 9.17) is 0 Å². The van der Waals surface area contributed by atoms with Crippen LogP contribution < -0.4 is 0 Å². The molecule has 0 bridgehead atoms. The lowest BCUT2D eigenvalue weighted by atomic mass is 10.3. The SMILES string of the molecule is Cc1n[nH]c(C)c1S(=O)(=O)N1CCN(C(=O)CCN(C)C)CC1. The number of nitrogens with one attached hydrogen (secondary N) is 1. The number of carbonyl (C=O) groups excluding carboxylic acids is 1. The molecule has 1 fully saturated rings. The molecule has 0 atom stereocenters. The van der Waals surface area contributed by atoms with Gasteiger partial charge in [-0.1, -0.05) is 0 Å². The molecule has 1 saturated heterocycles. The molecule has 130 valence electrons. The number of aryl methyl sites for hydroxylation is 2. The predicted octanol–water partition coefficient (Wildman–Crippen LogP) is -0.189. The van der Waals surface area contributed by atoms with Crippen molar-refractivity contribution in [1.29, 1.82) is 0 Å². The van der Waals surface area contributed by atoms with Crippen LogP contribution in [-0.4, -0.2) is 85.4 Å². The van der Waals surface area contributed by atoms with E-state index in [-0.39, 0.29) is 10.8 Å². The lowest BCUT2D eigenvalue weighted by Crippen LogP contribution is -2.50. The quantitative estimate of drug-likeness (QED) is 0.800. The van der Waals surface area contributed by atoms with Gasteiger partial charge in [0.1, 0.15) is 4.90 Å². The summed E-state index contributed by atoms with van der Waals surface area (Å²) in [5.41, 5.74) is 1.03. The molecule has 0 radical (unpaired) electrons. The van der Waals surface area contributed by atoms with Crippen LogP contribution in [0.3, 0.4) is 0 Å². The van der Waals surface area contributed by atoms with Crippen molar-refractivity contribution in [2.24, 2.45) is 0 Å². The Hall–Kier alpha value is -1.45. The first-order valence-corrected chi connectivity index (χ1v) is 9.11. The van der Waals surface area contributed by atoms with Gasteiger partial charge in [-0.2, -0.15) is 9.40 Å². The Labute approximate surface area is 137 Å². The number of carbonyl (C=O) groups is 1. The molecule has 0 aliphatic carbocycles. The fourth-order valence-electron chi connectivity index (χ4n) is 2.71. The zero-order chi connectivity index (χ0) is 17.2. The van der Waals surface area contributed by atoms with Crippen molar-refractivity contribution in [3.8, 4) is 0 Å². The van der Waals surface area contributed by atoms with E-state index in [1.165, 1.54) is 4.31 Å². The van der Waals surface area contributed by atoms with E-state index >= 15 is 0 Å². The molecule has 23 heavy (non-hydrogen) atoms. The summed E-state index contributed by atoms with van der Waals surface area (Å²) in [6, 6.07) is 0. The Kier molecular flexibility index (Phi) is 5.43. The number of amides is 1. The molecule has 1 amide bonds. The Morgan fingerprint density at radius 3 is 2.30 bits per heavy atom. The zero-order valence-corrected chi connectivity index (χ0v) is 15.0. The third-order valence-corrected chi connectivity index (χ3v) is 6.19. The van der Waals surface area contributed by atoms with Gasteiger partial charge in [-0.05, 0) is 27.9 Å². The van der Waals surface area contributed by atoms with Crippen molar-refractivity contribution in [3.63, 3.8) is 0 Å². The summed E-state index contributed by atoms with van der Waals surface area (Å²) in [5, 5.41) is 6.67. The number of aromatic nitrogens is 2. The van der Waals surface area contributed by atoms with Crippen molar-refractivity contribution in [2.45, 2.75) is 25.2 Å². The number of sulfonamides is 1. The number of hydrogen-bond donors (Lipinski definition) is 1. The van der Waals surface area contributed by atoms with Crippen LogP contribution in [0.15, 0.2) is 4.90 Å². The van der Waals surface area contributed by atoms with E-state index in [9.17, 15) is 13.2 Å². The number of nitrogens with zero attached hydrogens (tertiary/aromatic N) is 4. The van der Waals surface area contributed by atoms with Crippen LogP contribution in [0.4, 0.5) is 0 Å². The second-order valence-electron chi connectivity index (χ2n) is 6.10. The summed E-state index contributed by atoms with van der Waals surface area (Å²) in [4.78, 5) is 16.1. The van der Waals surface area contributed by atoms with Gasteiger partial charge in [-0.3, -0.25) is 9.89 Å². The normalized spacial score (nSPS) is 17.0. The zero-order valence-electron chi connectivity index (χ0n) is 14.2. The lowest BCUT2D eigenvalue weighted by molar-refractivity contribution is -0.132. The molecule has 1 aromatic heterocycles. The first-order valence-electron chi connectivity index (χ1n) is 7.67. The Balaban J connectivity index is 2.00. The van der Waals surface area contributed by atoms with Crippen LogP contribution in [0, 0.1) is 13.8 Å². The van der Waals surface area contributed by atoms with E-state index in [2.05, 4.69) is 10.2 Å². The smallest absolute Gasteiger partial charge is 0.246 e. The molecule has 1 aliphatic heterocycles. The highest BCUT2D eigenvalue weighted by Crippen LogP contribution is 2.22. The van der Waals surface area contributed by atoms with Crippen molar-refractivity contribution in [2.75, 3.05) is 46.8 Å². The number of H-pyrrole nitrogens is 1. The molecule has 9 heteroatoms. The first-order chi connectivity index (χ1) is 10.7. The van der Waals surface area contributed by atoms with Gasteiger partial charge in [0.25, 0.3) is 0 Å². The van der Waals surface area contributed by atoms with Gasteiger partial charge in [0.05, 0.1) is 11.4 Å². The van der Waals surface area contributed by atoms with Gasteiger partial charge in [-0.15, -0.1) is 0 Å². The van der Waals surface area contributed by atoms with Crippen molar-refractivity contribution >= 4 is 15.9 Å². The summed E-state index contributed by atoms with van der Waals surface area (Å²) in [6.07, 6.45) is 0.458. The largest absolute Gasteiger partial charge is 0.340 e. The summed E-state index contributed by atoms with van der Waals surface area (Å²) in [7, 11) is 0.286. The first kappa shape index (κ1) is 17.9. The fraction of sp³-hybridized carbons (Fsp3) is 0.714. The highest BCUT2D eigenvalue weighted by atomic mass is 32.2. The summed E-state index contributed by atoms with van der Waals surface area (Å²) in [6.45, 7) is 5.58. The third kappa shape index (κ3) is 3.91. The van der Waals surface area contributed by atoms with E-state index in [0.29, 0.717) is 50.5 Å². The highest BCUT2D eigenvalue weighted by molar-refractivity contribution is 7.89. The molecule has 1 aromatic rings. The van der Waals surface area contributed by atoms with Crippen LogP contribution in [0.2, 0.25) is 0 Å². The van der Waals surface area contributed by atoms with Crippen molar-refractivity contribution in [3.05, 3.63) is 11.4 Å². The van der Waals surface area contributed by atoms with Crippen molar-refractivity contribution < 1.29 is 13.2 Å².